The Labute approximate surface area is 230 Å². The topological polar surface area (TPSA) is 231 Å². The molecule has 0 aliphatic heterocycles. The Kier molecular flexibility index (Phi) is 12.3. The molecule has 0 spiro atoms. The number of carboxylic acids is 2. The van der Waals surface area contributed by atoms with Gasteiger partial charge in [-0.3, -0.25) is 24.0 Å². The molecule has 40 heavy (non-hydrogen) atoms. The molecule has 0 aliphatic carbocycles. The number of primary amides is 1. The van der Waals surface area contributed by atoms with E-state index in [0.717, 1.165) is 0 Å². The van der Waals surface area contributed by atoms with Crippen LogP contribution in [0.1, 0.15) is 30.4 Å². The maximum absolute atomic E-state index is 13.4. The number of aliphatic carboxylic acids is 2. The van der Waals surface area contributed by atoms with E-state index in [2.05, 4.69) is 16.0 Å². The zero-order valence-electron chi connectivity index (χ0n) is 21.6. The average Bonchev–Trinajstić information content (AvgIpc) is 2.91. The number of rotatable bonds is 16. The molecule has 13 nitrogen and oxygen atoms in total. The Hall–Kier alpha value is -4.78. The predicted molar refractivity (Wildman–Crippen MR) is 142 cm³/mol. The lowest BCUT2D eigenvalue weighted by Gasteiger charge is -2.25. The van der Waals surface area contributed by atoms with Crippen LogP contribution in [0.4, 0.5) is 0 Å². The van der Waals surface area contributed by atoms with E-state index < -0.39 is 66.2 Å². The molecule has 2 aromatic carbocycles. The van der Waals surface area contributed by atoms with Crippen molar-refractivity contribution in [3.63, 3.8) is 0 Å². The van der Waals surface area contributed by atoms with Gasteiger partial charge < -0.3 is 37.6 Å². The van der Waals surface area contributed by atoms with E-state index in [1.807, 2.05) is 0 Å². The van der Waals surface area contributed by atoms with Gasteiger partial charge in [-0.2, -0.15) is 0 Å². The molecule has 0 saturated carbocycles. The predicted octanol–water partition coefficient (Wildman–Crippen LogP) is -0.922. The molecule has 0 aliphatic rings. The molecule has 4 amide bonds. The first-order valence-corrected chi connectivity index (χ1v) is 12.4. The molecule has 13 heteroatoms. The molecule has 4 unspecified atom stereocenters. The summed E-state index contributed by atoms with van der Waals surface area (Å²) in [7, 11) is 0. The quantitative estimate of drug-likeness (QED) is 0.135. The minimum absolute atomic E-state index is 0.0170. The lowest BCUT2D eigenvalue weighted by Crippen LogP contribution is -2.58. The Bertz CT molecular complexity index is 1190. The van der Waals surface area contributed by atoms with Gasteiger partial charge in [0.25, 0.3) is 0 Å². The second-order valence-electron chi connectivity index (χ2n) is 9.11. The first kappa shape index (κ1) is 31.4. The maximum Gasteiger partial charge on any atom is 0.326 e. The number of carbonyl (C=O) groups is 6. The highest BCUT2D eigenvalue weighted by Gasteiger charge is 2.31. The molecule has 9 N–H and O–H groups in total. The number of amides is 4. The van der Waals surface area contributed by atoms with Crippen molar-refractivity contribution in [3.8, 4) is 0 Å². The number of nitrogens with one attached hydrogen (secondary N) is 3. The van der Waals surface area contributed by atoms with Crippen molar-refractivity contribution in [3.05, 3.63) is 71.8 Å². The molecule has 214 valence electrons. The molecular formula is C27H33N5O8. The third kappa shape index (κ3) is 10.9. The Morgan fingerprint density at radius 3 is 1.50 bits per heavy atom. The fraction of sp³-hybridized carbons (Fsp3) is 0.333. The van der Waals surface area contributed by atoms with Crippen LogP contribution >= 0.6 is 0 Å². The van der Waals surface area contributed by atoms with Crippen LogP contribution in [0.2, 0.25) is 0 Å². The highest BCUT2D eigenvalue weighted by Crippen LogP contribution is 2.08. The molecule has 0 bridgehead atoms. The molecule has 0 fully saturated rings. The monoisotopic (exact) mass is 555 g/mol. The zero-order chi connectivity index (χ0) is 29.7. The van der Waals surface area contributed by atoms with E-state index in [-0.39, 0.29) is 25.7 Å². The van der Waals surface area contributed by atoms with Crippen molar-refractivity contribution in [2.24, 2.45) is 11.5 Å². The minimum atomic E-state index is -1.62. The Morgan fingerprint density at radius 1 is 0.675 bits per heavy atom. The summed E-state index contributed by atoms with van der Waals surface area (Å²) >= 11 is 0. The van der Waals surface area contributed by atoms with Crippen molar-refractivity contribution in [1.82, 2.24) is 16.0 Å². The number of carbonyl (C=O) groups excluding carboxylic acids is 4. The summed E-state index contributed by atoms with van der Waals surface area (Å²) in [6.45, 7) is 0. The molecule has 2 rings (SSSR count). The molecule has 0 radical (unpaired) electrons. The Balaban J connectivity index is 2.29. The standard InChI is InChI=1S/C27H33N5O8/c28-18(11-12-23(34)35)24(36)30-19(13-16-7-3-1-4-8-16)25(37)31-20(14-17-9-5-2-6-10-17)26(38)32-21(27(39)40)15-22(29)33/h1-10,18-21H,11-15,28H2,(H2,29,33)(H,30,36)(H,31,37)(H,32,38)(H,34,35)(H,39,40). The summed E-state index contributed by atoms with van der Waals surface area (Å²) in [5.74, 6) is -5.96. The van der Waals surface area contributed by atoms with Gasteiger partial charge in [0.15, 0.2) is 0 Å². The van der Waals surface area contributed by atoms with Gasteiger partial charge >= 0.3 is 11.9 Å². The molecule has 2 aromatic rings. The Morgan fingerprint density at radius 2 is 1.10 bits per heavy atom. The summed E-state index contributed by atoms with van der Waals surface area (Å²) in [4.78, 5) is 73.0. The fourth-order valence-electron chi connectivity index (χ4n) is 3.75. The zero-order valence-corrected chi connectivity index (χ0v) is 21.6. The van der Waals surface area contributed by atoms with Gasteiger partial charge in [-0.05, 0) is 17.5 Å². The van der Waals surface area contributed by atoms with Crippen molar-refractivity contribution < 1.29 is 39.0 Å². The third-order valence-corrected chi connectivity index (χ3v) is 5.86. The molecular weight excluding hydrogens is 522 g/mol. The van der Waals surface area contributed by atoms with Gasteiger partial charge in [-0.1, -0.05) is 60.7 Å². The molecule has 4 atom stereocenters. The van der Waals surface area contributed by atoms with Crippen molar-refractivity contribution in [2.75, 3.05) is 0 Å². The number of hydrogen-bond acceptors (Lipinski definition) is 7. The van der Waals surface area contributed by atoms with Crippen molar-refractivity contribution >= 4 is 35.6 Å². The van der Waals surface area contributed by atoms with Gasteiger partial charge in [0, 0.05) is 19.3 Å². The largest absolute Gasteiger partial charge is 0.481 e. The number of hydrogen-bond donors (Lipinski definition) is 7. The lowest BCUT2D eigenvalue weighted by molar-refractivity contribution is -0.143. The second kappa shape index (κ2) is 15.6. The van der Waals surface area contributed by atoms with Crippen LogP contribution in [0.15, 0.2) is 60.7 Å². The van der Waals surface area contributed by atoms with Crippen LogP contribution in [0.25, 0.3) is 0 Å². The van der Waals surface area contributed by atoms with Gasteiger partial charge in [0.2, 0.25) is 23.6 Å². The number of benzene rings is 2. The maximum atomic E-state index is 13.4. The third-order valence-electron chi connectivity index (χ3n) is 5.86. The SMILES string of the molecule is NC(=O)CC(NC(=O)C(Cc1ccccc1)NC(=O)C(Cc1ccccc1)NC(=O)C(N)CCC(=O)O)C(=O)O. The van der Waals surface area contributed by atoms with Gasteiger partial charge in [-0.25, -0.2) is 4.79 Å². The van der Waals surface area contributed by atoms with Crippen molar-refractivity contribution in [1.29, 1.82) is 0 Å². The smallest absolute Gasteiger partial charge is 0.326 e. The van der Waals surface area contributed by atoms with E-state index >= 15 is 0 Å². The fourth-order valence-corrected chi connectivity index (χ4v) is 3.75. The highest BCUT2D eigenvalue weighted by atomic mass is 16.4. The summed E-state index contributed by atoms with van der Waals surface area (Å²) in [5, 5.41) is 25.6. The van der Waals surface area contributed by atoms with Crippen LogP contribution < -0.4 is 27.4 Å². The summed E-state index contributed by atoms with van der Waals surface area (Å²) in [5.41, 5.74) is 12.2. The summed E-state index contributed by atoms with van der Waals surface area (Å²) in [6, 6.07) is 12.0. The van der Waals surface area contributed by atoms with Crippen LogP contribution in [-0.4, -0.2) is 69.9 Å². The number of carboxylic acid groups (broad SMARTS) is 2. The van der Waals surface area contributed by atoms with E-state index in [0.29, 0.717) is 11.1 Å². The molecule has 0 saturated heterocycles. The van der Waals surface area contributed by atoms with Crippen molar-refractivity contribution in [2.45, 2.75) is 56.3 Å². The van der Waals surface area contributed by atoms with Gasteiger partial charge in [0.05, 0.1) is 12.5 Å². The molecule has 0 aromatic heterocycles. The minimum Gasteiger partial charge on any atom is -0.481 e. The van der Waals surface area contributed by atoms with Crippen LogP contribution in [0.5, 0.6) is 0 Å². The first-order chi connectivity index (χ1) is 19.0. The normalized spacial score (nSPS) is 13.6. The summed E-state index contributed by atoms with van der Waals surface area (Å²) in [6.07, 6.45) is -1.18. The first-order valence-electron chi connectivity index (χ1n) is 12.4. The van der Waals surface area contributed by atoms with Gasteiger partial charge in [0.1, 0.15) is 18.1 Å². The van der Waals surface area contributed by atoms with Crippen LogP contribution in [0, 0.1) is 0 Å². The lowest BCUT2D eigenvalue weighted by atomic mass is 10.0. The van der Waals surface area contributed by atoms with E-state index in [1.165, 1.54) is 0 Å². The van der Waals surface area contributed by atoms with Crippen LogP contribution in [-0.2, 0) is 41.6 Å². The van der Waals surface area contributed by atoms with Gasteiger partial charge in [-0.15, -0.1) is 0 Å². The number of nitrogens with two attached hydrogens (primary N) is 2. The van der Waals surface area contributed by atoms with E-state index in [9.17, 15) is 33.9 Å². The second-order valence-corrected chi connectivity index (χ2v) is 9.11. The van der Waals surface area contributed by atoms with Crippen LogP contribution in [0.3, 0.4) is 0 Å². The highest BCUT2D eigenvalue weighted by molar-refractivity contribution is 5.95. The molecule has 0 heterocycles. The average molecular weight is 556 g/mol. The summed E-state index contributed by atoms with van der Waals surface area (Å²) < 4.78 is 0. The van der Waals surface area contributed by atoms with E-state index in [1.54, 1.807) is 60.7 Å². The van der Waals surface area contributed by atoms with E-state index in [4.69, 9.17) is 16.6 Å².